The van der Waals surface area contributed by atoms with Crippen LogP contribution in [0.5, 0.6) is 0 Å². The normalized spacial score (nSPS) is 16.5. The number of allylic oxidation sites excluding steroid dienone is 2. The van der Waals surface area contributed by atoms with Crippen molar-refractivity contribution >= 4 is 72.0 Å². The molecule has 1 saturated heterocycles. The molecule has 2 atom stereocenters. The van der Waals surface area contributed by atoms with Gasteiger partial charge in [0.05, 0.1) is 54.5 Å². The van der Waals surface area contributed by atoms with Gasteiger partial charge in [-0.05, 0) is 138 Å². The van der Waals surface area contributed by atoms with E-state index in [1.165, 1.54) is 77.2 Å². The number of ether oxygens (including phenoxy) is 2. The standard InChI is InChI=1S/C68H56N4O2/c1-2-68(45-74-46-68)44-73-43-49-15-13-14-47(41-49)40-48-26-39-61-60-20-7-12-25-66(60)72(67(61)42-48)55-37-31-52(32-38-55)69(50-27-33-53(34-28-50)70-62-21-8-3-16-56(62)57-17-4-9-22-63(57)70)51-29-35-54(36-30-51)71-64-23-10-5-18-58(64)59-19-6-11-24-65(59)71/h3-39,41-42,56,62H,2,40,43-46H2,1H3. The van der Waals surface area contributed by atoms with Crippen LogP contribution in [0.4, 0.5) is 28.4 Å². The van der Waals surface area contributed by atoms with Gasteiger partial charge >= 0.3 is 0 Å². The number of nitrogens with zero attached hydrogens (tertiary/aromatic N) is 4. The van der Waals surface area contributed by atoms with Gasteiger partial charge in [-0.2, -0.15) is 0 Å². The highest BCUT2D eigenvalue weighted by atomic mass is 16.5. The fourth-order valence-electron chi connectivity index (χ4n) is 12.1. The van der Waals surface area contributed by atoms with Crippen molar-refractivity contribution in [3.05, 3.63) is 259 Å². The molecule has 2 aromatic heterocycles. The van der Waals surface area contributed by atoms with Gasteiger partial charge in [0.25, 0.3) is 0 Å². The molecule has 6 nitrogen and oxygen atoms in total. The molecule has 3 aliphatic rings. The van der Waals surface area contributed by atoms with Gasteiger partial charge < -0.3 is 28.4 Å². The molecule has 0 N–H and O–H groups in total. The first-order chi connectivity index (χ1) is 36.6. The van der Waals surface area contributed by atoms with Crippen LogP contribution in [0.2, 0.25) is 0 Å². The Morgan fingerprint density at radius 3 is 1.64 bits per heavy atom. The number of hydrogen-bond donors (Lipinski definition) is 0. The van der Waals surface area contributed by atoms with Crippen LogP contribution in [0.25, 0.3) is 55.0 Å². The van der Waals surface area contributed by atoms with E-state index in [1.807, 2.05) is 0 Å². The van der Waals surface area contributed by atoms with E-state index in [4.69, 9.17) is 9.47 Å². The number of rotatable bonds is 13. The molecule has 14 rings (SSSR count). The van der Waals surface area contributed by atoms with E-state index in [1.54, 1.807) is 0 Å². The summed E-state index contributed by atoms with van der Waals surface area (Å²) in [7, 11) is 0. The smallest absolute Gasteiger partial charge is 0.0717 e. The number of aromatic nitrogens is 2. The SMILES string of the molecule is CCC1(COCc2cccc(Cc3ccc4c5ccccc5n(-c5ccc(N(c6ccc(N7c8ccccc8C8C=CC=CC87)cc6)c6ccc(-n7c8ccccc8c8ccccc87)cc6)cc5)c4c3)c2)COC1. The Bertz CT molecular complexity index is 3890. The van der Waals surface area contributed by atoms with Crippen LogP contribution in [-0.4, -0.2) is 35.0 Å². The van der Waals surface area contributed by atoms with Gasteiger partial charge in [0, 0.05) is 72.7 Å². The second kappa shape index (κ2) is 18.3. The predicted octanol–water partition coefficient (Wildman–Crippen LogP) is 16.6. The molecule has 0 spiro atoms. The third-order valence-electron chi connectivity index (χ3n) is 16.0. The molecule has 360 valence electrons. The summed E-state index contributed by atoms with van der Waals surface area (Å²) in [6.45, 7) is 5.18. The molecule has 0 amide bonds. The summed E-state index contributed by atoms with van der Waals surface area (Å²) in [5.74, 6) is 0.328. The molecule has 1 fully saturated rings. The monoisotopic (exact) mass is 960 g/mol. The van der Waals surface area contributed by atoms with Crippen molar-refractivity contribution in [2.45, 2.75) is 38.3 Å². The zero-order chi connectivity index (χ0) is 49.2. The Kier molecular flexibility index (Phi) is 10.9. The quantitative estimate of drug-likeness (QED) is 0.115. The molecule has 0 radical (unpaired) electrons. The summed E-state index contributed by atoms with van der Waals surface area (Å²) >= 11 is 0. The summed E-state index contributed by atoms with van der Waals surface area (Å²) in [6.07, 6.45) is 11.0. The van der Waals surface area contributed by atoms with E-state index in [0.717, 1.165) is 61.1 Å². The molecule has 0 bridgehead atoms. The van der Waals surface area contributed by atoms with Gasteiger partial charge in [-0.1, -0.05) is 140 Å². The van der Waals surface area contributed by atoms with Gasteiger partial charge in [0.1, 0.15) is 0 Å². The van der Waals surface area contributed by atoms with Crippen LogP contribution >= 0.6 is 0 Å². The molecule has 11 aromatic rings. The lowest BCUT2D eigenvalue weighted by Gasteiger charge is -2.40. The first-order valence-electron chi connectivity index (χ1n) is 26.2. The van der Waals surface area contributed by atoms with Crippen molar-refractivity contribution in [2.75, 3.05) is 29.6 Å². The summed E-state index contributed by atoms with van der Waals surface area (Å²) in [6, 6.07) is 78.6. The number of benzene rings is 9. The zero-order valence-corrected chi connectivity index (χ0v) is 41.5. The van der Waals surface area contributed by atoms with Crippen molar-refractivity contribution in [1.29, 1.82) is 0 Å². The van der Waals surface area contributed by atoms with E-state index in [9.17, 15) is 0 Å². The Morgan fingerprint density at radius 1 is 0.500 bits per heavy atom. The fraction of sp³-hybridized carbons (Fsp3) is 0.147. The van der Waals surface area contributed by atoms with Crippen molar-refractivity contribution in [1.82, 2.24) is 9.13 Å². The molecule has 2 aliphatic heterocycles. The van der Waals surface area contributed by atoms with Crippen LogP contribution in [0, 0.1) is 5.41 Å². The van der Waals surface area contributed by atoms with E-state index in [2.05, 4.69) is 262 Å². The summed E-state index contributed by atoms with van der Waals surface area (Å²) in [5.41, 5.74) is 18.0. The molecule has 1 aliphatic carbocycles. The van der Waals surface area contributed by atoms with E-state index >= 15 is 0 Å². The average molecular weight is 961 g/mol. The fourth-order valence-corrected chi connectivity index (χ4v) is 12.1. The molecule has 9 aromatic carbocycles. The summed E-state index contributed by atoms with van der Waals surface area (Å²) in [5, 5.41) is 5.01. The Morgan fingerprint density at radius 2 is 1.03 bits per heavy atom. The van der Waals surface area contributed by atoms with Gasteiger partial charge in [-0.15, -0.1) is 0 Å². The zero-order valence-electron chi connectivity index (χ0n) is 41.5. The first kappa shape index (κ1) is 44.3. The highest BCUT2D eigenvalue weighted by molar-refractivity contribution is 6.10. The van der Waals surface area contributed by atoms with Crippen LogP contribution in [-0.2, 0) is 22.5 Å². The van der Waals surface area contributed by atoms with Gasteiger partial charge in [-0.25, -0.2) is 0 Å². The largest absolute Gasteiger partial charge is 0.380 e. The Hall–Kier alpha value is -8.42. The lowest BCUT2D eigenvalue weighted by molar-refractivity contribution is -0.152. The molecule has 2 unspecified atom stereocenters. The lowest BCUT2D eigenvalue weighted by Crippen LogP contribution is -2.45. The van der Waals surface area contributed by atoms with E-state index in [-0.39, 0.29) is 11.5 Å². The number of fused-ring (bicyclic) bond motifs is 9. The van der Waals surface area contributed by atoms with E-state index in [0.29, 0.717) is 12.5 Å². The summed E-state index contributed by atoms with van der Waals surface area (Å²) in [4.78, 5) is 4.89. The van der Waals surface area contributed by atoms with Crippen molar-refractivity contribution in [3.8, 4) is 11.4 Å². The molecule has 6 heteroatoms. The Balaban J connectivity index is 0.820. The number of para-hydroxylation sites is 4. The maximum absolute atomic E-state index is 6.25. The van der Waals surface area contributed by atoms with Gasteiger partial charge in [0.2, 0.25) is 0 Å². The molecule has 0 saturated carbocycles. The van der Waals surface area contributed by atoms with E-state index < -0.39 is 0 Å². The third-order valence-corrected chi connectivity index (χ3v) is 16.0. The highest BCUT2D eigenvalue weighted by Gasteiger charge is 2.38. The van der Waals surface area contributed by atoms with Crippen LogP contribution in [0.1, 0.15) is 41.5 Å². The molecular formula is C68H56N4O2. The molecular weight excluding hydrogens is 905 g/mol. The lowest BCUT2D eigenvalue weighted by atomic mass is 9.84. The average Bonchev–Trinajstić information content (AvgIpc) is 4.11. The Labute approximate surface area is 432 Å². The minimum atomic E-state index is 0.178. The van der Waals surface area contributed by atoms with Gasteiger partial charge in [-0.3, -0.25) is 0 Å². The predicted molar refractivity (Wildman–Crippen MR) is 306 cm³/mol. The highest BCUT2D eigenvalue weighted by Crippen LogP contribution is 2.48. The third kappa shape index (κ3) is 7.55. The first-order valence-corrected chi connectivity index (χ1v) is 26.2. The maximum atomic E-state index is 6.25. The summed E-state index contributed by atoms with van der Waals surface area (Å²) < 4.78 is 16.6. The maximum Gasteiger partial charge on any atom is 0.0717 e. The minimum absolute atomic E-state index is 0.178. The minimum Gasteiger partial charge on any atom is -0.380 e. The van der Waals surface area contributed by atoms with Crippen molar-refractivity contribution < 1.29 is 9.47 Å². The van der Waals surface area contributed by atoms with Gasteiger partial charge in [0.15, 0.2) is 0 Å². The molecule has 74 heavy (non-hydrogen) atoms. The van der Waals surface area contributed by atoms with Crippen LogP contribution < -0.4 is 9.80 Å². The second-order valence-corrected chi connectivity index (χ2v) is 20.5. The topological polar surface area (TPSA) is 34.8 Å². The number of hydrogen-bond acceptors (Lipinski definition) is 4. The van der Waals surface area contributed by atoms with Crippen LogP contribution in [0.3, 0.4) is 0 Å². The van der Waals surface area contributed by atoms with Crippen LogP contribution in [0.15, 0.2) is 237 Å². The molecule has 4 heterocycles. The second-order valence-electron chi connectivity index (χ2n) is 20.5. The van der Waals surface area contributed by atoms with Crippen molar-refractivity contribution in [3.63, 3.8) is 0 Å². The van der Waals surface area contributed by atoms with Crippen molar-refractivity contribution in [2.24, 2.45) is 5.41 Å². The number of anilines is 5.